The normalized spacial score (nSPS) is 29.0. The molecule has 2 rings (SSSR count). The van der Waals surface area contributed by atoms with Gasteiger partial charge in [0.05, 0.1) is 11.8 Å². The summed E-state index contributed by atoms with van der Waals surface area (Å²) < 4.78 is 5.58. The van der Waals surface area contributed by atoms with Crippen molar-refractivity contribution in [1.29, 1.82) is 0 Å². The maximum Gasteiger partial charge on any atom is 0.255 e. The second kappa shape index (κ2) is 5.25. The molecule has 1 saturated carbocycles. The van der Waals surface area contributed by atoms with Gasteiger partial charge in [0.25, 0.3) is 5.91 Å². The summed E-state index contributed by atoms with van der Waals surface area (Å²) in [7, 11) is 0. The van der Waals surface area contributed by atoms with Crippen molar-refractivity contribution < 1.29 is 9.21 Å². The van der Waals surface area contributed by atoms with Crippen molar-refractivity contribution in [2.45, 2.75) is 39.2 Å². The van der Waals surface area contributed by atoms with Crippen LogP contribution >= 0.6 is 15.9 Å². The summed E-state index contributed by atoms with van der Waals surface area (Å²) in [6, 6.07) is 1.98. The zero-order chi connectivity index (χ0) is 12.4. The van der Waals surface area contributed by atoms with Gasteiger partial charge >= 0.3 is 0 Å². The molecule has 0 spiro atoms. The van der Waals surface area contributed by atoms with Crippen LogP contribution < -0.4 is 5.32 Å². The summed E-state index contributed by atoms with van der Waals surface area (Å²) in [5.41, 5.74) is 0.580. The molecule has 17 heavy (non-hydrogen) atoms. The lowest BCUT2D eigenvalue weighted by Crippen LogP contribution is -2.40. The molecule has 1 N–H and O–H groups in total. The van der Waals surface area contributed by atoms with Crippen LogP contribution in [0, 0.1) is 11.8 Å². The maximum absolute atomic E-state index is 12.0. The van der Waals surface area contributed by atoms with E-state index in [0.29, 0.717) is 28.1 Å². The number of halogens is 1. The predicted molar refractivity (Wildman–Crippen MR) is 69.8 cm³/mol. The molecular formula is C13H18BrNO2. The molecule has 2 unspecified atom stereocenters. The van der Waals surface area contributed by atoms with Crippen molar-refractivity contribution in [1.82, 2.24) is 5.32 Å². The minimum absolute atomic E-state index is 0.0445. The molecule has 0 aliphatic heterocycles. The molecule has 0 radical (unpaired) electrons. The van der Waals surface area contributed by atoms with E-state index in [4.69, 9.17) is 4.42 Å². The number of amides is 1. The quantitative estimate of drug-likeness (QED) is 0.907. The Hall–Kier alpha value is -0.770. The maximum atomic E-state index is 12.0. The van der Waals surface area contributed by atoms with E-state index in [9.17, 15) is 4.79 Å². The lowest BCUT2D eigenvalue weighted by Gasteiger charge is -2.31. The van der Waals surface area contributed by atoms with Gasteiger partial charge in [-0.3, -0.25) is 4.79 Å². The summed E-state index contributed by atoms with van der Waals surface area (Å²) >= 11 is 3.23. The van der Waals surface area contributed by atoms with Gasteiger partial charge in [-0.05, 0) is 53.1 Å². The lowest BCUT2D eigenvalue weighted by molar-refractivity contribution is 0.0909. The molecular weight excluding hydrogens is 282 g/mol. The predicted octanol–water partition coefficient (Wildman–Crippen LogP) is 3.60. The van der Waals surface area contributed by atoms with Gasteiger partial charge in [-0.2, -0.15) is 0 Å². The fraction of sp³-hybridized carbons (Fsp3) is 0.615. The van der Waals surface area contributed by atoms with Crippen LogP contribution in [0.3, 0.4) is 0 Å². The molecule has 1 aromatic heterocycles. The van der Waals surface area contributed by atoms with E-state index in [2.05, 4.69) is 35.1 Å². The van der Waals surface area contributed by atoms with Crippen LogP contribution in [0.4, 0.5) is 0 Å². The summed E-state index contributed by atoms with van der Waals surface area (Å²) in [6.07, 6.45) is 4.93. The first kappa shape index (κ1) is 12.7. The monoisotopic (exact) mass is 299 g/mol. The number of hydrogen-bond donors (Lipinski definition) is 1. The van der Waals surface area contributed by atoms with Crippen molar-refractivity contribution in [3.05, 3.63) is 22.6 Å². The average molecular weight is 300 g/mol. The zero-order valence-corrected chi connectivity index (χ0v) is 11.8. The van der Waals surface area contributed by atoms with Crippen molar-refractivity contribution >= 4 is 21.8 Å². The van der Waals surface area contributed by atoms with E-state index in [1.807, 2.05) is 0 Å². The third-order valence-electron chi connectivity index (χ3n) is 3.38. The van der Waals surface area contributed by atoms with Gasteiger partial charge in [-0.1, -0.05) is 13.8 Å². The van der Waals surface area contributed by atoms with E-state index in [1.165, 1.54) is 12.7 Å². The molecule has 2 atom stereocenters. The SMILES string of the molecule is CC1CC(C)CC(NC(=O)c2ccoc2Br)C1. The number of hydrogen-bond acceptors (Lipinski definition) is 2. The average Bonchev–Trinajstić information content (AvgIpc) is 2.62. The van der Waals surface area contributed by atoms with E-state index in [-0.39, 0.29) is 5.91 Å². The van der Waals surface area contributed by atoms with Crippen LogP contribution in [0.2, 0.25) is 0 Å². The molecule has 3 nitrogen and oxygen atoms in total. The molecule has 0 bridgehead atoms. The molecule has 4 heteroatoms. The van der Waals surface area contributed by atoms with Gasteiger partial charge in [0.2, 0.25) is 0 Å². The molecule has 1 fully saturated rings. The van der Waals surface area contributed by atoms with Crippen molar-refractivity contribution in [2.24, 2.45) is 11.8 Å². The zero-order valence-electron chi connectivity index (χ0n) is 10.2. The van der Waals surface area contributed by atoms with E-state index < -0.39 is 0 Å². The summed E-state index contributed by atoms with van der Waals surface area (Å²) in [5.74, 6) is 1.34. The summed E-state index contributed by atoms with van der Waals surface area (Å²) in [6.45, 7) is 4.51. The minimum atomic E-state index is -0.0445. The lowest BCUT2D eigenvalue weighted by atomic mass is 9.80. The minimum Gasteiger partial charge on any atom is -0.457 e. The Morgan fingerprint density at radius 2 is 2.00 bits per heavy atom. The molecule has 1 aliphatic rings. The number of furan rings is 1. The van der Waals surface area contributed by atoms with Crippen LogP contribution in [0.1, 0.15) is 43.5 Å². The first-order valence-corrected chi connectivity index (χ1v) is 6.89. The van der Waals surface area contributed by atoms with Gasteiger partial charge in [0.1, 0.15) is 0 Å². The van der Waals surface area contributed by atoms with Gasteiger partial charge < -0.3 is 9.73 Å². The Labute approximate surface area is 110 Å². The standard InChI is InChI=1S/C13H18BrNO2/c1-8-5-9(2)7-10(6-8)15-13(16)11-3-4-17-12(11)14/h3-4,8-10H,5-7H2,1-2H3,(H,15,16). The van der Waals surface area contributed by atoms with E-state index >= 15 is 0 Å². The number of rotatable bonds is 2. The van der Waals surface area contributed by atoms with Crippen LogP contribution in [0.15, 0.2) is 21.4 Å². The summed E-state index contributed by atoms with van der Waals surface area (Å²) in [4.78, 5) is 12.0. The number of carbonyl (C=O) groups is 1. The fourth-order valence-corrected chi connectivity index (χ4v) is 3.20. The second-order valence-corrected chi connectivity index (χ2v) is 5.92. The Kier molecular flexibility index (Phi) is 3.92. The Morgan fingerprint density at radius 3 is 2.53 bits per heavy atom. The molecule has 0 aromatic carbocycles. The highest BCUT2D eigenvalue weighted by Crippen LogP contribution is 2.29. The van der Waals surface area contributed by atoms with Crippen molar-refractivity contribution in [3.8, 4) is 0 Å². The topological polar surface area (TPSA) is 42.2 Å². The van der Waals surface area contributed by atoms with Crippen LogP contribution in [-0.2, 0) is 0 Å². The highest BCUT2D eigenvalue weighted by Gasteiger charge is 2.26. The largest absolute Gasteiger partial charge is 0.457 e. The first-order chi connectivity index (χ1) is 8.06. The van der Waals surface area contributed by atoms with Gasteiger partial charge in [-0.15, -0.1) is 0 Å². The fourth-order valence-electron chi connectivity index (χ4n) is 2.78. The van der Waals surface area contributed by atoms with Gasteiger partial charge in [-0.25, -0.2) is 0 Å². The second-order valence-electron chi connectivity index (χ2n) is 5.20. The van der Waals surface area contributed by atoms with Crippen LogP contribution in [0.25, 0.3) is 0 Å². The molecule has 1 aliphatic carbocycles. The third-order valence-corrected chi connectivity index (χ3v) is 3.99. The number of nitrogens with one attached hydrogen (secondary N) is 1. The van der Waals surface area contributed by atoms with Gasteiger partial charge in [0, 0.05) is 6.04 Å². The van der Waals surface area contributed by atoms with E-state index in [1.54, 1.807) is 6.07 Å². The Bertz CT molecular complexity index is 392. The molecule has 1 amide bonds. The highest BCUT2D eigenvalue weighted by atomic mass is 79.9. The molecule has 0 saturated heterocycles. The Morgan fingerprint density at radius 1 is 1.35 bits per heavy atom. The van der Waals surface area contributed by atoms with Crippen LogP contribution in [0.5, 0.6) is 0 Å². The number of carbonyl (C=O) groups excluding carboxylic acids is 1. The Balaban J connectivity index is 1.97. The van der Waals surface area contributed by atoms with Crippen LogP contribution in [-0.4, -0.2) is 11.9 Å². The first-order valence-electron chi connectivity index (χ1n) is 6.10. The van der Waals surface area contributed by atoms with Crippen molar-refractivity contribution in [3.63, 3.8) is 0 Å². The smallest absolute Gasteiger partial charge is 0.255 e. The molecule has 1 aromatic rings. The summed E-state index contributed by atoms with van der Waals surface area (Å²) in [5, 5.41) is 3.09. The third kappa shape index (κ3) is 3.12. The molecule has 1 heterocycles. The highest BCUT2D eigenvalue weighted by molar-refractivity contribution is 9.10. The van der Waals surface area contributed by atoms with Crippen molar-refractivity contribution in [2.75, 3.05) is 0 Å². The molecule has 94 valence electrons. The van der Waals surface area contributed by atoms with Gasteiger partial charge in [0.15, 0.2) is 4.67 Å². The van der Waals surface area contributed by atoms with E-state index in [0.717, 1.165) is 12.8 Å².